The van der Waals surface area contributed by atoms with Crippen LogP contribution in [0.4, 0.5) is 0 Å². The van der Waals surface area contributed by atoms with Gasteiger partial charge in [0.05, 0.1) is 13.2 Å². The molecule has 4 rings (SSSR count). The van der Waals surface area contributed by atoms with E-state index in [1.807, 2.05) is 0 Å². The minimum Gasteiger partial charge on any atom is -0.493 e. The van der Waals surface area contributed by atoms with Crippen LogP contribution in [-0.2, 0) is 13.0 Å². The summed E-state index contributed by atoms with van der Waals surface area (Å²) in [5.41, 5.74) is 3.51. The highest BCUT2D eigenvalue weighted by atomic mass is 16.5. The van der Waals surface area contributed by atoms with Gasteiger partial charge in [0.2, 0.25) is 0 Å². The van der Waals surface area contributed by atoms with Crippen molar-refractivity contribution in [3.05, 3.63) is 41.3 Å². The SMILES string of the molecule is COc1cc2c(cc1OCc1ccon1)CCN1CC(CC(C)(C)C)C(O)CC21. The molecule has 6 nitrogen and oxygen atoms in total. The zero-order valence-corrected chi connectivity index (χ0v) is 17.9. The topological polar surface area (TPSA) is 68.0 Å². The average molecular weight is 401 g/mol. The first-order valence-electron chi connectivity index (χ1n) is 10.5. The van der Waals surface area contributed by atoms with Gasteiger partial charge in [-0.05, 0) is 53.9 Å². The van der Waals surface area contributed by atoms with Crippen LogP contribution < -0.4 is 9.47 Å². The Morgan fingerprint density at radius 3 is 2.79 bits per heavy atom. The van der Waals surface area contributed by atoms with E-state index in [0.717, 1.165) is 49.5 Å². The van der Waals surface area contributed by atoms with Crippen LogP contribution in [0.5, 0.6) is 11.5 Å². The molecule has 0 spiro atoms. The second kappa shape index (κ2) is 8.00. The van der Waals surface area contributed by atoms with E-state index in [1.54, 1.807) is 19.4 Å². The van der Waals surface area contributed by atoms with Crippen LogP contribution in [0, 0.1) is 11.3 Å². The lowest BCUT2D eigenvalue weighted by atomic mass is 9.75. The van der Waals surface area contributed by atoms with Gasteiger partial charge in [-0.15, -0.1) is 0 Å². The predicted octanol–water partition coefficient (Wildman–Crippen LogP) is 3.98. The number of aliphatic hydroxyl groups excluding tert-OH is 1. The third-order valence-electron chi connectivity index (χ3n) is 6.11. The Kier molecular flexibility index (Phi) is 5.58. The second-order valence-electron chi connectivity index (χ2n) is 9.57. The molecule has 0 aliphatic carbocycles. The van der Waals surface area contributed by atoms with E-state index in [1.165, 1.54) is 11.1 Å². The van der Waals surface area contributed by atoms with E-state index < -0.39 is 0 Å². The number of aliphatic hydroxyl groups is 1. The minimum atomic E-state index is -0.268. The van der Waals surface area contributed by atoms with Gasteiger partial charge in [0.25, 0.3) is 0 Å². The molecule has 1 saturated heterocycles. The first kappa shape index (κ1) is 20.2. The number of fused-ring (bicyclic) bond motifs is 3. The van der Waals surface area contributed by atoms with Gasteiger partial charge in [0.1, 0.15) is 18.6 Å². The Hall–Kier alpha value is -2.05. The van der Waals surface area contributed by atoms with Crippen LogP contribution in [0.15, 0.2) is 29.0 Å². The molecular weight excluding hydrogens is 368 g/mol. The zero-order chi connectivity index (χ0) is 20.6. The van der Waals surface area contributed by atoms with E-state index in [-0.39, 0.29) is 17.6 Å². The quantitative estimate of drug-likeness (QED) is 0.819. The molecule has 3 heterocycles. The summed E-state index contributed by atoms with van der Waals surface area (Å²) >= 11 is 0. The number of aromatic nitrogens is 1. The smallest absolute Gasteiger partial charge is 0.162 e. The summed E-state index contributed by atoms with van der Waals surface area (Å²) in [5.74, 6) is 1.78. The molecule has 6 heteroatoms. The second-order valence-corrected chi connectivity index (χ2v) is 9.57. The third kappa shape index (κ3) is 4.43. The summed E-state index contributed by atoms with van der Waals surface area (Å²) in [5, 5.41) is 14.8. The lowest BCUT2D eigenvalue weighted by Gasteiger charge is -2.47. The van der Waals surface area contributed by atoms with Crippen LogP contribution in [0.25, 0.3) is 0 Å². The van der Waals surface area contributed by atoms with E-state index in [9.17, 15) is 5.11 Å². The molecule has 158 valence electrons. The fourth-order valence-corrected chi connectivity index (χ4v) is 4.82. The standard InChI is InChI=1S/C23H32N2O4/c1-23(2,3)12-16-13-25-7-5-15-9-22(28-14-17-6-8-29-24-17)21(27-4)10-18(15)19(25)11-20(16)26/h6,8-10,16,19-20,26H,5,7,11-14H2,1-4H3. The Bertz CT molecular complexity index is 828. The van der Waals surface area contributed by atoms with Crippen molar-refractivity contribution in [2.45, 2.75) is 58.8 Å². The summed E-state index contributed by atoms with van der Waals surface area (Å²) in [6, 6.07) is 6.23. The molecule has 2 aliphatic rings. The van der Waals surface area contributed by atoms with Crippen molar-refractivity contribution in [3.63, 3.8) is 0 Å². The maximum absolute atomic E-state index is 10.9. The Morgan fingerprint density at radius 2 is 2.10 bits per heavy atom. The molecular formula is C23H32N2O4. The lowest BCUT2D eigenvalue weighted by molar-refractivity contribution is -0.0259. The number of ether oxygens (including phenoxy) is 2. The summed E-state index contributed by atoms with van der Waals surface area (Å²) in [6.45, 7) is 9.07. The summed E-state index contributed by atoms with van der Waals surface area (Å²) in [6.07, 6.45) is 4.07. The van der Waals surface area contributed by atoms with Gasteiger partial charge >= 0.3 is 0 Å². The van der Waals surface area contributed by atoms with Crippen molar-refractivity contribution < 1.29 is 19.1 Å². The summed E-state index contributed by atoms with van der Waals surface area (Å²) < 4.78 is 16.4. The molecule has 2 aromatic rings. The molecule has 29 heavy (non-hydrogen) atoms. The monoisotopic (exact) mass is 400 g/mol. The first-order valence-corrected chi connectivity index (χ1v) is 10.5. The van der Waals surface area contributed by atoms with E-state index in [0.29, 0.717) is 12.5 Å². The number of hydrogen-bond donors (Lipinski definition) is 1. The maximum atomic E-state index is 10.9. The largest absolute Gasteiger partial charge is 0.493 e. The van der Waals surface area contributed by atoms with Crippen molar-refractivity contribution in [2.24, 2.45) is 11.3 Å². The molecule has 1 aromatic heterocycles. The predicted molar refractivity (Wildman–Crippen MR) is 110 cm³/mol. The average Bonchev–Trinajstić information content (AvgIpc) is 3.19. The molecule has 0 saturated carbocycles. The van der Waals surface area contributed by atoms with Gasteiger partial charge in [-0.2, -0.15) is 0 Å². The van der Waals surface area contributed by atoms with Crippen LogP contribution in [0.1, 0.15) is 56.5 Å². The molecule has 0 bridgehead atoms. The highest BCUT2D eigenvalue weighted by molar-refractivity contribution is 5.49. The van der Waals surface area contributed by atoms with Gasteiger partial charge in [0.15, 0.2) is 11.5 Å². The number of hydrogen-bond acceptors (Lipinski definition) is 6. The van der Waals surface area contributed by atoms with Gasteiger partial charge in [-0.25, -0.2) is 0 Å². The lowest BCUT2D eigenvalue weighted by Crippen LogP contribution is -2.48. The van der Waals surface area contributed by atoms with Gasteiger partial charge in [-0.3, -0.25) is 4.90 Å². The molecule has 3 atom stereocenters. The zero-order valence-electron chi connectivity index (χ0n) is 17.9. The Balaban J connectivity index is 1.54. The summed E-state index contributed by atoms with van der Waals surface area (Å²) in [4.78, 5) is 2.54. The van der Waals surface area contributed by atoms with Crippen molar-refractivity contribution in [1.82, 2.24) is 10.1 Å². The van der Waals surface area contributed by atoms with E-state index in [2.05, 4.69) is 43.0 Å². The van der Waals surface area contributed by atoms with Crippen molar-refractivity contribution >= 4 is 0 Å². The number of piperidine rings is 1. The fourth-order valence-electron chi connectivity index (χ4n) is 4.82. The molecule has 1 N–H and O–H groups in total. The minimum absolute atomic E-state index is 0.228. The molecule has 0 radical (unpaired) electrons. The number of nitrogens with zero attached hydrogens (tertiary/aromatic N) is 2. The Labute approximate surface area is 172 Å². The molecule has 2 aliphatic heterocycles. The maximum Gasteiger partial charge on any atom is 0.162 e. The van der Waals surface area contributed by atoms with Gasteiger partial charge in [-0.1, -0.05) is 25.9 Å². The van der Waals surface area contributed by atoms with Crippen LogP contribution >= 0.6 is 0 Å². The van der Waals surface area contributed by atoms with Crippen LogP contribution in [-0.4, -0.2) is 41.5 Å². The van der Waals surface area contributed by atoms with Crippen LogP contribution in [0.2, 0.25) is 0 Å². The third-order valence-corrected chi connectivity index (χ3v) is 6.11. The molecule has 0 amide bonds. The summed E-state index contributed by atoms with van der Waals surface area (Å²) in [7, 11) is 1.67. The van der Waals surface area contributed by atoms with Crippen molar-refractivity contribution in [1.29, 1.82) is 0 Å². The number of methoxy groups -OCH3 is 1. The molecule has 1 fully saturated rings. The highest BCUT2D eigenvalue weighted by Gasteiger charge is 2.39. The van der Waals surface area contributed by atoms with E-state index >= 15 is 0 Å². The normalized spacial score (nSPS) is 24.7. The highest BCUT2D eigenvalue weighted by Crippen LogP contribution is 2.44. The Morgan fingerprint density at radius 1 is 1.28 bits per heavy atom. The first-order chi connectivity index (χ1) is 13.8. The fraction of sp³-hybridized carbons (Fsp3) is 0.609. The number of rotatable bonds is 5. The van der Waals surface area contributed by atoms with Crippen molar-refractivity contribution in [2.75, 3.05) is 20.2 Å². The van der Waals surface area contributed by atoms with Gasteiger partial charge < -0.3 is 19.1 Å². The van der Waals surface area contributed by atoms with E-state index in [4.69, 9.17) is 14.0 Å². The number of benzene rings is 1. The van der Waals surface area contributed by atoms with Gasteiger partial charge in [0, 0.05) is 25.2 Å². The molecule has 3 unspecified atom stereocenters. The van der Waals surface area contributed by atoms with Crippen LogP contribution in [0.3, 0.4) is 0 Å². The van der Waals surface area contributed by atoms with Crippen molar-refractivity contribution in [3.8, 4) is 11.5 Å². The molecule has 1 aromatic carbocycles.